The molecule has 1 aromatic heterocycles. The smallest absolute Gasteiger partial charge is 0.261 e. The molecule has 0 aliphatic carbocycles. The van der Waals surface area contributed by atoms with Crippen LogP contribution in [0.1, 0.15) is 42.4 Å². The summed E-state index contributed by atoms with van der Waals surface area (Å²) in [4.78, 5) is 18.2. The highest BCUT2D eigenvalue weighted by Gasteiger charge is 2.13. The number of methoxy groups -OCH3 is 1. The summed E-state index contributed by atoms with van der Waals surface area (Å²) in [5.74, 6) is 2.50. The van der Waals surface area contributed by atoms with E-state index in [-0.39, 0.29) is 5.56 Å². The molecule has 3 aromatic carbocycles. The van der Waals surface area contributed by atoms with Gasteiger partial charge in [-0.25, -0.2) is 4.98 Å². The largest absolute Gasteiger partial charge is 0.497 e. The Morgan fingerprint density at radius 3 is 2.31 bits per heavy atom. The Labute approximate surface area is 207 Å². The number of unbranched alkanes of at least 4 members (excludes halogenated alkanes) is 3. The quantitative estimate of drug-likeness (QED) is 0.244. The van der Waals surface area contributed by atoms with E-state index in [4.69, 9.17) is 14.5 Å². The van der Waals surface area contributed by atoms with Crippen LogP contribution >= 0.6 is 0 Å². The van der Waals surface area contributed by atoms with Gasteiger partial charge in [-0.2, -0.15) is 0 Å². The van der Waals surface area contributed by atoms with E-state index in [2.05, 4.69) is 32.9 Å². The average Bonchev–Trinajstić information content (AvgIpc) is 2.88. The van der Waals surface area contributed by atoms with Gasteiger partial charge in [0.05, 0.1) is 24.6 Å². The molecule has 182 valence electrons. The SMILES string of the molecule is COc1ccc(-c2nc3ccccc3c(=O)n2CCCCCCOc2c(C)ccc(C)c2C)cc1. The molecule has 0 fully saturated rings. The summed E-state index contributed by atoms with van der Waals surface area (Å²) in [6.45, 7) is 7.67. The highest BCUT2D eigenvalue weighted by atomic mass is 16.5. The van der Waals surface area contributed by atoms with Crippen molar-refractivity contribution in [2.75, 3.05) is 13.7 Å². The summed E-state index contributed by atoms with van der Waals surface area (Å²) in [5, 5.41) is 0.655. The fraction of sp³-hybridized carbons (Fsp3) is 0.333. The number of hydrogen-bond acceptors (Lipinski definition) is 4. The van der Waals surface area contributed by atoms with Crippen molar-refractivity contribution in [2.24, 2.45) is 0 Å². The van der Waals surface area contributed by atoms with Crippen LogP contribution in [0.5, 0.6) is 11.5 Å². The first-order valence-corrected chi connectivity index (χ1v) is 12.3. The van der Waals surface area contributed by atoms with Gasteiger partial charge in [0.15, 0.2) is 0 Å². The molecule has 0 atom stereocenters. The molecule has 0 aliphatic rings. The van der Waals surface area contributed by atoms with E-state index >= 15 is 0 Å². The molecular weight excluding hydrogens is 436 g/mol. The van der Waals surface area contributed by atoms with Gasteiger partial charge in [0.25, 0.3) is 5.56 Å². The Morgan fingerprint density at radius 1 is 0.829 bits per heavy atom. The minimum absolute atomic E-state index is 0.00940. The van der Waals surface area contributed by atoms with E-state index in [1.807, 2.05) is 53.1 Å². The minimum Gasteiger partial charge on any atom is -0.497 e. The van der Waals surface area contributed by atoms with E-state index in [0.717, 1.165) is 48.3 Å². The number of fused-ring (bicyclic) bond motifs is 1. The van der Waals surface area contributed by atoms with Crippen molar-refractivity contribution in [2.45, 2.75) is 53.0 Å². The normalized spacial score (nSPS) is 11.1. The Balaban J connectivity index is 1.41. The van der Waals surface area contributed by atoms with E-state index in [0.29, 0.717) is 24.4 Å². The molecule has 4 aromatic rings. The summed E-state index contributed by atoms with van der Waals surface area (Å²) >= 11 is 0. The van der Waals surface area contributed by atoms with Crippen molar-refractivity contribution < 1.29 is 9.47 Å². The zero-order valence-corrected chi connectivity index (χ0v) is 21.1. The number of ether oxygens (including phenoxy) is 2. The van der Waals surface area contributed by atoms with Crippen molar-refractivity contribution in [3.05, 3.63) is 87.7 Å². The van der Waals surface area contributed by atoms with Crippen LogP contribution in [-0.4, -0.2) is 23.3 Å². The number of nitrogens with zero attached hydrogens (tertiary/aromatic N) is 2. The third-order valence-corrected chi connectivity index (χ3v) is 6.61. The van der Waals surface area contributed by atoms with Crippen molar-refractivity contribution in [1.29, 1.82) is 0 Å². The first-order valence-electron chi connectivity index (χ1n) is 12.3. The molecule has 0 aliphatic heterocycles. The molecule has 5 nitrogen and oxygen atoms in total. The molecule has 0 bridgehead atoms. The highest BCUT2D eigenvalue weighted by Crippen LogP contribution is 2.26. The number of aromatic nitrogens is 2. The van der Waals surface area contributed by atoms with Gasteiger partial charge in [-0.15, -0.1) is 0 Å². The Hall–Kier alpha value is -3.60. The van der Waals surface area contributed by atoms with Gasteiger partial charge in [0.2, 0.25) is 0 Å². The second kappa shape index (κ2) is 11.2. The summed E-state index contributed by atoms with van der Waals surface area (Å²) in [6, 6.07) is 19.5. The first-order chi connectivity index (χ1) is 17.0. The summed E-state index contributed by atoms with van der Waals surface area (Å²) in [6.07, 6.45) is 3.97. The van der Waals surface area contributed by atoms with Gasteiger partial charge in [0, 0.05) is 12.1 Å². The predicted octanol–water partition coefficient (Wildman–Crippen LogP) is 6.64. The third kappa shape index (κ3) is 5.56. The predicted molar refractivity (Wildman–Crippen MR) is 143 cm³/mol. The van der Waals surface area contributed by atoms with Gasteiger partial charge in [-0.05, 0) is 86.7 Å². The second-order valence-corrected chi connectivity index (χ2v) is 9.05. The molecule has 0 radical (unpaired) electrons. The lowest BCUT2D eigenvalue weighted by molar-refractivity contribution is 0.300. The molecule has 0 N–H and O–H groups in total. The Morgan fingerprint density at radius 2 is 1.54 bits per heavy atom. The number of para-hydroxylation sites is 1. The van der Waals surface area contributed by atoms with Crippen molar-refractivity contribution in [3.8, 4) is 22.9 Å². The summed E-state index contributed by atoms with van der Waals surface area (Å²) < 4.78 is 13.2. The van der Waals surface area contributed by atoms with Crippen LogP contribution in [0, 0.1) is 20.8 Å². The third-order valence-electron chi connectivity index (χ3n) is 6.61. The van der Waals surface area contributed by atoms with Gasteiger partial charge in [0.1, 0.15) is 17.3 Å². The van der Waals surface area contributed by atoms with Gasteiger partial charge >= 0.3 is 0 Å². The first kappa shape index (κ1) is 24.5. The zero-order chi connectivity index (χ0) is 24.8. The second-order valence-electron chi connectivity index (χ2n) is 9.05. The minimum atomic E-state index is 0.00940. The molecule has 35 heavy (non-hydrogen) atoms. The van der Waals surface area contributed by atoms with Crippen LogP contribution in [0.2, 0.25) is 0 Å². The van der Waals surface area contributed by atoms with E-state index in [9.17, 15) is 4.79 Å². The maximum Gasteiger partial charge on any atom is 0.261 e. The lowest BCUT2D eigenvalue weighted by Crippen LogP contribution is -2.23. The van der Waals surface area contributed by atoms with Crippen molar-refractivity contribution in [1.82, 2.24) is 9.55 Å². The Bertz CT molecular complexity index is 1360. The fourth-order valence-corrected chi connectivity index (χ4v) is 4.38. The van der Waals surface area contributed by atoms with Gasteiger partial charge in [-0.1, -0.05) is 37.1 Å². The molecule has 0 unspecified atom stereocenters. The number of rotatable bonds is 10. The highest BCUT2D eigenvalue weighted by molar-refractivity contribution is 5.79. The maximum absolute atomic E-state index is 13.3. The standard InChI is InChI=1S/C30H34N2O3/c1-21-13-14-22(2)28(23(21)3)35-20-10-6-5-9-19-32-29(24-15-17-25(34-4)18-16-24)31-27-12-8-7-11-26(27)30(32)33/h7-8,11-18H,5-6,9-10,19-20H2,1-4H3. The number of aryl methyl sites for hydroxylation is 2. The molecule has 4 rings (SSSR count). The Kier molecular flexibility index (Phi) is 7.86. The summed E-state index contributed by atoms with van der Waals surface area (Å²) in [7, 11) is 1.65. The molecule has 5 heteroatoms. The van der Waals surface area contributed by atoms with Gasteiger partial charge < -0.3 is 9.47 Å². The van der Waals surface area contributed by atoms with E-state index in [1.165, 1.54) is 16.7 Å². The molecule has 1 heterocycles. The van der Waals surface area contributed by atoms with Gasteiger partial charge in [-0.3, -0.25) is 9.36 Å². The van der Waals surface area contributed by atoms with Crippen LogP contribution in [0.3, 0.4) is 0 Å². The maximum atomic E-state index is 13.3. The van der Waals surface area contributed by atoms with Crippen LogP contribution in [-0.2, 0) is 6.54 Å². The monoisotopic (exact) mass is 470 g/mol. The van der Waals surface area contributed by atoms with E-state index in [1.54, 1.807) is 7.11 Å². The number of hydrogen-bond donors (Lipinski definition) is 0. The molecule has 0 spiro atoms. The topological polar surface area (TPSA) is 53.3 Å². The van der Waals surface area contributed by atoms with Crippen LogP contribution in [0.4, 0.5) is 0 Å². The van der Waals surface area contributed by atoms with Crippen LogP contribution in [0.25, 0.3) is 22.3 Å². The van der Waals surface area contributed by atoms with Crippen LogP contribution < -0.4 is 15.0 Å². The molecule has 0 amide bonds. The van der Waals surface area contributed by atoms with Crippen LogP contribution in [0.15, 0.2) is 65.5 Å². The molecule has 0 saturated carbocycles. The fourth-order valence-electron chi connectivity index (χ4n) is 4.38. The van der Waals surface area contributed by atoms with Crippen molar-refractivity contribution in [3.63, 3.8) is 0 Å². The zero-order valence-electron chi connectivity index (χ0n) is 21.1. The number of benzene rings is 3. The summed E-state index contributed by atoms with van der Waals surface area (Å²) in [5.41, 5.74) is 5.30. The molecular formula is C30H34N2O3. The van der Waals surface area contributed by atoms with Crippen molar-refractivity contribution >= 4 is 10.9 Å². The average molecular weight is 471 g/mol. The lowest BCUT2D eigenvalue weighted by atomic mass is 10.1. The lowest BCUT2D eigenvalue weighted by Gasteiger charge is -2.15. The molecule has 0 saturated heterocycles. The van der Waals surface area contributed by atoms with E-state index < -0.39 is 0 Å².